The molecule has 1 saturated carbocycles. The summed E-state index contributed by atoms with van der Waals surface area (Å²) < 4.78 is 5.79. The minimum absolute atomic E-state index is 0.0633. The second kappa shape index (κ2) is 8.77. The van der Waals surface area contributed by atoms with Crippen molar-refractivity contribution in [3.05, 3.63) is 66.0 Å². The Morgan fingerprint density at radius 1 is 1.16 bits per heavy atom. The van der Waals surface area contributed by atoms with Crippen molar-refractivity contribution in [3.63, 3.8) is 0 Å². The number of carbonyl (C=O) groups excluding carboxylic acids is 1. The predicted octanol–water partition coefficient (Wildman–Crippen LogP) is 3.47. The Balaban J connectivity index is 1.62. The lowest BCUT2D eigenvalue weighted by molar-refractivity contribution is -0.143. The molecule has 0 aliphatic heterocycles. The minimum Gasteiger partial charge on any atom is -0.368 e. The minimum atomic E-state index is -0.391. The average Bonchev–Trinajstić information content (AvgIpc) is 3.49. The van der Waals surface area contributed by atoms with E-state index >= 15 is 0 Å². The van der Waals surface area contributed by atoms with Gasteiger partial charge in [0.2, 0.25) is 0 Å². The van der Waals surface area contributed by atoms with Gasteiger partial charge in [-0.1, -0.05) is 30.3 Å². The Labute approximate surface area is 149 Å². The molecule has 0 unspecified atom stereocenters. The molecule has 1 fully saturated rings. The predicted molar refractivity (Wildman–Crippen MR) is 97.9 cm³/mol. The van der Waals surface area contributed by atoms with Gasteiger partial charge < -0.3 is 9.64 Å². The Morgan fingerprint density at radius 3 is 2.56 bits per heavy atom. The van der Waals surface area contributed by atoms with E-state index in [4.69, 9.17) is 4.74 Å². The van der Waals surface area contributed by atoms with Crippen LogP contribution >= 0.6 is 0 Å². The van der Waals surface area contributed by atoms with E-state index in [1.807, 2.05) is 42.2 Å². The van der Waals surface area contributed by atoms with Crippen molar-refractivity contribution in [3.8, 4) is 0 Å². The monoisotopic (exact) mass is 338 g/mol. The number of hydrogen-bond acceptors (Lipinski definition) is 3. The zero-order valence-corrected chi connectivity index (χ0v) is 14.8. The van der Waals surface area contributed by atoms with Crippen LogP contribution in [0.2, 0.25) is 0 Å². The number of pyridine rings is 1. The molecular formula is C21H26N2O2. The summed E-state index contributed by atoms with van der Waals surface area (Å²) in [6, 6.07) is 14.2. The smallest absolute Gasteiger partial charge is 0.251 e. The Hall–Kier alpha value is -2.20. The van der Waals surface area contributed by atoms with Crippen LogP contribution in [-0.4, -0.2) is 35.0 Å². The molecule has 1 aromatic heterocycles. The maximum Gasteiger partial charge on any atom is 0.251 e. The normalized spacial score (nSPS) is 14.9. The zero-order chi connectivity index (χ0) is 17.5. The summed E-state index contributed by atoms with van der Waals surface area (Å²) in [7, 11) is 0. The first kappa shape index (κ1) is 17.6. The molecule has 0 spiro atoms. The summed E-state index contributed by atoms with van der Waals surface area (Å²) in [5.41, 5.74) is 2.33. The van der Waals surface area contributed by atoms with Gasteiger partial charge in [-0.05, 0) is 55.4 Å². The summed E-state index contributed by atoms with van der Waals surface area (Å²) in [5, 5.41) is 0. The van der Waals surface area contributed by atoms with Gasteiger partial charge in [0.1, 0.15) is 6.10 Å². The highest BCUT2D eigenvalue weighted by molar-refractivity contribution is 5.80. The fourth-order valence-corrected chi connectivity index (χ4v) is 2.78. The average molecular weight is 338 g/mol. The summed E-state index contributed by atoms with van der Waals surface area (Å²) in [6.45, 7) is 3.84. The molecule has 4 heteroatoms. The molecule has 1 heterocycles. The van der Waals surface area contributed by atoms with E-state index in [0.717, 1.165) is 12.0 Å². The van der Waals surface area contributed by atoms with Gasteiger partial charge in [0.15, 0.2) is 0 Å². The van der Waals surface area contributed by atoms with Gasteiger partial charge in [-0.3, -0.25) is 9.78 Å². The third-order valence-corrected chi connectivity index (χ3v) is 4.57. The number of nitrogens with zero attached hydrogens (tertiary/aromatic N) is 2. The highest BCUT2D eigenvalue weighted by Crippen LogP contribution is 2.29. The second-order valence-electron chi connectivity index (χ2n) is 6.77. The van der Waals surface area contributed by atoms with Gasteiger partial charge in [-0.25, -0.2) is 0 Å². The van der Waals surface area contributed by atoms with E-state index in [1.54, 1.807) is 12.4 Å². The first-order chi connectivity index (χ1) is 12.2. The quantitative estimate of drug-likeness (QED) is 0.703. The number of amides is 1. The zero-order valence-electron chi connectivity index (χ0n) is 14.8. The van der Waals surface area contributed by atoms with Crippen molar-refractivity contribution >= 4 is 5.91 Å². The molecule has 0 bridgehead atoms. The SMILES string of the molecule is C[C@H](OCC1CC1)C(=O)N(CCc1ccccc1)Cc1ccncc1. The van der Waals surface area contributed by atoms with E-state index in [2.05, 4.69) is 17.1 Å². The molecule has 0 saturated heterocycles. The number of ether oxygens (including phenoxy) is 1. The Kier molecular flexibility index (Phi) is 6.18. The molecular weight excluding hydrogens is 312 g/mol. The van der Waals surface area contributed by atoms with Crippen molar-refractivity contribution < 1.29 is 9.53 Å². The van der Waals surface area contributed by atoms with Gasteiger partial charge in [0, 0.05) is 25.5 Å². The lowest BCUT2D eigenvalue weighted by atomic mass is 10.1. The van der Waals surface area contributed by atoms with Crippen molar-refractivity contribution in [2.24, 2.45) is 5.92 Å². The summed E-state index contributed by atoms with van der Waals surface area (Å²) in [6.07, 6.45) is 6.45. The van der Waals surface area contributed by atoms with Gasteiger partial charge >= 0.3 is 0 Å². The van der Waals surface area contributed by atoms with E-state index in [9.17, 15) is 4.79 Å². The molecule has 1 aliphatic carbocycles. The number of benzene rings is 1. The lowest BCUT2D eigenvalue weighted by Crippen LogP contribution is -2.40. The Morgan fingerprint density at radius 2 is 1.88 bits per heavy atom. The van der Waals surface area contributed by atoms with Gasteiger partial charge in [-0.2, -0.15) is 0 Å². The van der Waals surface area contributed by atoms with Crippen molar-refractivity contribution in [2.75, 3.05) is 13.2 Å². The standard InChI is InChI=1S/C21H26N2O2/c1-17(25-16-20-7-8-20)21(24)23(15-19-9-12-22-13-10-19)14-11-18-5-3-2-4-6-18/h2-6,9-10,12-13,17,20H,7-8,11,14-16H2,1H3/t17-/m0/s1. The van der Waals surface area contributed by atoms with Crippen molar-refractivity contribution in [2.45, 2.75) is 38.8 Å². The molecule has 1 amide bonds. The second-order valence-corrected chi connectivity index (χ2v) is 6.77. The van der Waals surface area contributed by atoms with E-state index in [0.29, 0.717) is 25.6 Å². The summed E-state index contributed by atoms with van der Waals surface area (Å²) in [4.78, 5) is 18.8. The molecule has 3 rings (SSSR count). The number of rotatable bonds is 9. The molecule has 4 nitrogen and oxygen atoms in total. The third kappa shape index (κ3) is 5.68. The highest BCUT2D eigenvalue weighted by Gasteiger charge is 2.26. The van der Waals surface area contributed by atoms with Crippen LogP contribution in [0.4, 0.5) is 0 Å². The van der Waals surface area contributed by atoms with Crippen LogP contribution in [0.25, 0.3) is 0 Å². The maximum atomic E-state index is 12.9. The van der Waals surface area contributed by atoms with Gasteiger partial charge in [0.25, 0.3) is 5.91 Å². The maximum absolute atomic E-state index is 12.9. The molecule has 132 valence electrons. The van der Waals surface area contributed by atoms with Gasteiger partial charge in [-0.15, -0.1) is 0 Å². The molecule has 1 aromatic carbocycles. The van der Waals surface area contributed by atoms with Crippen LogP contribution < -0.4 is 0 Å². The number of aromatic nitrogens is 1. The molecule has 1 aliphatic rings. The van der Waals surface area contributed by atoms with E-state index in [1.165, 1.54) is 18.4 Å². The Bertz CT molecular complexity index is 656. The fraction of sp³-hybridized carbons (Fsp3) is 0.429. The first-order valence-electron chi connectivity index (χ1n) is 9.05. The highest BCUT2D eigenvalue weighted by atomic mass is 16.5. The van der Waals surface area contributed by atoms with Crippen molar-refractivity contribution in [1.82, 2.24) is 9.88 Å². The van der Waals surface area contributed by atoms with Crippen LogP contribution in [0, 0.1) is 5.92 Å². The molecule has 0 N–H and O–H groups in total. The van der Waals surface area contributed by atoms with E-state index in [-0.39, 0.29) is 5.91 Å². The van der Waals surface area contributed by atoms with Crippen LogP contribution in [0.15, 0.2) is 54.9 Å². The van der Waals surface area contributed by atoms with Crippen LogP contribution in [-0.2, 0) is 22.5 Å². The number of carbonyl (C=O) groups is 1. The molecule has 0 radical (unpaired) electrons. The molecule has 25 heavy (non-hydrogen) atoms. The van der Waals surface area contributed by atoms with Crippen LogP contribution in [0.5, 0.6) is 0 Å². The lowest BCUT2D eigenvalue weighted by Gasteiger charge is -2.26. The van der Waals surface area contributed by atoms with Crippen molar-refractivity contribution in [1.29, 1.82) is 0 Å². The van der Waals surface area contributed by atoms with Crippen LogP contribution in [0.1, 0.15) is 30.9 Å². The van der Waals surface area contributed by atoms with Gasteiger partial charge in [0.05, 0.1) is 6.61 Å². The first-order valence-corrected chi connectivity index (χ1v) is 9.05. The third-order valence-electron chi connectivity index (χ3n) is 4.57. The fourth-order valence-electron chi connectivity index (χ4n) is 2.78. The summed E-state index contributed by atoms with van der Waals surface area (Å²) in [5.74, 6) is 0.724. The largest absolute Gasteiger partial charge is 0.368 e. The van der Waals surface area contributed by atoms with Crippen LogP contribution in [0.3, 0.4) is 0 Å². The summed E-state index contributed by atoms with van der Waals surface area (Å²) >= 11 is 0. The molecule has 2 aromatic rings. The topological polar surface area (TPSA) is 42.4 Å². The molecule has 1 atom stereocenters. The van der Waals surface area contributed by atoms with E-state index < -0.39 is 6.10 Å². The number of hydrogen-bond donors (Lipinski definition) is 0.